The summed E-state index contributed by atoms with van der Waals surface area (Å²) in [5.74, 6) is 1.22. The van der Waals surface area contributed by atoms with Crippen molar-refractivity contribution < 1.29 is 4.79 Å². The monoisotopic (exact) mass is 411 g/mol. The maximum Gasteiger partial charge on any atom is 0.237 e. The van der Waals surface area contributed by atoms with Gasteiger partial charge in [0.2, 0.25) is 5.91 Å². The molecule has 2 aromatic carbocycles. The number of carbonyl (C=O) groups excluding carboxylic acids is 1. The van der Waals surface area contributed by atoms with Crippen LogP contribution in [0.25, 0.3) is 0 Å². The Hall–Kier alpha value is -1.82. The van der Waals surface area contributed by atoms with Crippen LogP contribution in [-0.4, -0.2) is 54.2 Å². The molecule has 1 aliphatic rings. The fourth-order valence-electron chi connectivity index (χ4n) is 3.50. The quantitative estimate of drug-likeness (QED) is 0.701. The Bertz CT molecular complexity index is 755. The molecule has 2 aromatic rings. The summed E-state index contributed by atoms with van der Waals surface area (Å²) >= 11 is 1.71. The lowest BCUT2D eigenvalue weighted by atomic mass is 10.1. The number of likely N-dealkylation sites (N-methyl/N-ethyl adjacent to an activating group) is 1. The summed E-state index contributed by atoms with van der Waals surface area (Å²) in [5.41, 5.74) is 3.43. The average molecular weight is 412 g/mol. The summed E-state index contributed by atoms with van der Waals surface area (Å²) in [4.78, 5) is 17.7. The Morgan fingerprint density at radius 3 is 2.24 bits per heavy atom. The Morgan fingerprint density at radius 2 is 1.62 bits per heavy atom. The number of nitrogens with zero attached hydrogens (tertiary/aromatic N) is 2. The van der Waals surface area contributed by atoms with E-state index >= 15 is 0 Å². The second-order valence-electron chi connectivity index (χ2n) is 8.23. The van der Waals surface area contributed by atoms with Crippen LogP contribution in [0.3, 0.4) is 0 Å². The van der Waals surface area contributed by atoms with Crippen molar-refractivity contribution in [3.63, 3.8) is 0 Å². The Morgan fingerprint density at radius 1 is 0.966 bits per heavy atom. The van der Waals surface area contributed by atoms with Gasteiger partial charge >= 0.3 is 0 Å². The van der Waals surface area contributed by atoms with E-state index in [1.165, 1.54) is 11.1 Å². The second-order valence-corrected chi connectivity index (χ2v) is 9.36. The maximum absolute atomic E-state index is 12.9. The molecule has 1 amide bonds. The first-order chi connectivity index (χ1) is 14.0. The molecule has 1 N–H and O–H groups in total. The van der Waals surface area contributed by atoms with Crippen molar-refractivity contribution in [1.82, 2.24) is 9.80 Å². The standard InChI is InChI=1S/C24H33N3OS/c1-19(2)23(29-18-21-7-5-4-6-8-21)24(28)25-22-11-9-20(10-12-22)17-27-15-13-26(3)14-16-27/h4-12,19,23H,13-18H2,1-3H3,(H,25,28). The smallest absolute Gasteiger partial charge is 0.237 e. The van der Waals surface area contributed by atoms with E-state index in [2.05, 4.69) is 60.3 Å². The van der Waals surface area contributed by atoms with E-state index < -0.39 is 0 Å². The third-order valence-corrected chi connectivity index (χ3v) is 6.98. The molecule has 4 nitrogen and oxygen atoms in total. The zero-order valence-corrected chi connectivity index (χ0v) is 18.6. The van der Waals surface area contributed by atoms with Crippen molar-refractivity contribution in [2.75, 3.05) is 38.5 Å². The maximum atomic E-state index is 12.9. The number of hydrogen-bond acceptors (Lipinski definition) is 4. The lowest BCUT2D eigenvalue weighted by molar-refractivity contribution is -0.116. The third kappa shape index (κ3) is 6.88. The van der Waals surface area contributed by atoms with Crippen LogP contribution in [0, 0.1) is 5.92 Å². The van der Waals surface area contributed by atoms with Crippen molar-refractivity contribution in [3.05, 3.63) is 65.7 Å². The van der Waals surface area contributed by atoms with Gasteiger partial charge in [-0.25, -0.2) is 0 Å². The fraction of sp³-hybridized carbons (Fsp3) is 0.458. The Labute approximate surface area is 179 Å². The number of amides is 1. The van der Waals surface area contributed by atoms with E-state index in [1.54, 1.807) is 11.8 Å². The van der Waals surface area contributed by atoms with Gasteiger partial charge in [0.05, 0.1) is 5.25 Å². The van der Waals surface area contributed by atoms with Gasteiger partial charge in [0, 0.05) is 44.2 Å². The van der Waals surface area contributed by atoms with Crippen molar-refractivity contribution in [2.24, 2.45) is 5.92 Å². The second kappa shape index (κ2) is 10.8. The van der Waals surface area contributed by atoms with Gasteiger partial charge < -0.3 is 10.2 Å². The highest BCUT2D eigenvalue weighted by atomic mass is 32.2. The number of rotatable bonds is 8. The number of piperazine rings is 1. The number of hydrogen-bond donors (Lipinski definition) is 1. The highest BCUT2D eigenvalue weighted by molar-refractivity contribution is 7.99. The number of thioether (sulfide) groups is 1. The van der Waals surface area contributed by atoms with E-state index in [9.17, 15) is 4.79 Å². The van der Waals surface area contributed by atoms with Gasteiger partial charge in [-0.2, -0.15) is 0 Å². The molecule has 1 unspecified atom stereocenters. The van der Waals surface area contributed by atoms with E-state index in [-0.39, 0.29) is 17.1 Å². The first-order valence-corrected chi connectivity index (χ1v) is 11.5. The van der Waals surface area contributed by atoms with Crippen molar-refractivity contribution in [2.45, 2.75) is 31.4 Å². The number of carbonyl (C=O) groups is 1. The molecule has 1 atom stereocenters. The number of nitrogens with one attached hydrogen (secondary N) is 1. The number of benzene rings is 2. The minimum absolute atomic E-state index is 0.0692. The van der Waals surface area contributed by atoms with Crippen LogP contribution in [0.15, 0.2) is 54.6 Å². The van der Waals surface area contributed by atoms with E-state index in [0.29, 0.717) is 0 Å². The van der Waals surface area contributed by atoms with Gasteiger partial charge in [0.15, 0.2) is 0 Å². The number of anilines is 1. The molecule has 1 fully saturated rings. The van der Waals surface area contributed by atoms with Gasteiger partial charge in [-0.3, -0.25) is 9.69 Å². The zero-order valence-electron chi connectivity index (χ0n) is 17.8. The topological polar surface area (TPSA) is 35.6 Å². The molecule has 0 aliphatic carbocycles. The largest absolute Gasteiger partial charge is 0.325 e. The summed E-state index contributed by atoms with van der Waals surface area (Å²) in [6.07, 6.45) is 0. The van der Waals surface area contributed by atoms with Crippen LogP contribution in [0.2, 0.25) is 0 Å². The first kappa shape index (κ1) is 21.9. The molecule has 5 heteroatoms. The summed E-state index contributed by atoms with van der Waals surface area (Å²) in [5, 5.41) is 3.05. The van der Waals surface area contributed by atoms with Crippen LogP contribution in [0.4, 0.5) is 5.69 Å². The Balaban J connectivity index is 1.52. The lowest BCUT2D eigenvalue weighted by Gasteiger charge is -2.32. The van der Waals surface area contributed by atoms with Crippen LogP contribution < -0.4 is 5.32 Å². The lowest BCUT2D eigenvalue weighted by Crippen LogP contribution is -2.43. The molecule has 1 heterocycles. The molecule has 29 heavy (non-hydrogen) atoms. The van der Waals surface area contributed by atoms with E-state index in [1.807, 2.05) is 30.3 Å². The normalized spacial score (nSPS) is 16.7. The molecule has 0 radical (unpaired) electrons. The predicted molar refractivity (Wildman–Crippen MR) is 124 cm³/mol. The molecule has 156 valence electrons. The molecule has 1 aliphatic heterocycles. The highest BCUT2D eigenvalue weighted by Crippen LogP contribution is 2.25. The van der Waals surface area contributed by atoms with Gasteiger partial charge in [0.25, 0.3) is 0 Å². The summed E-state index contributed by atoms with van der Waals surface area (Å²) < 4.78 is 0. The SMILES string of the molecule is CC(C)C(SCc1ccccc1)C(=O)Nc1ccc(CN2CCN(C)CC2)cc1. The fourth-order valence-corrected chi connectivity index (χ4v) is 4.66. The third-order valence-electron chi connectivity index (χ3n) is 5.36. The Kier molecular flexibility index (Phi) is 8.16. The zero-order chi connectivity index (χ0) is 20.6. The molecule has 0 aromatic heterocycles. The average Bonchev–Trinajstić information content (AvgIpc) is 2.72. The van der Waals surface area contributed by atoms with Gasteiger partial charge in [-0.05, 0) is 36.2 Å². The minimum atomic E-state index is -0.0692. The highest BCUT2D eigenvalue weighted by Gasteiger charge is 2.23. The molecule has 3 rings (SSSR count). The van der Waals surface area contributed by atoms with E-state index in [0.717, 1.165) is 44.2 Å². The van der Waals surface area contributed by atoms with Gasteiger partial charge in [0.1, 0.15) is 0 Å². The van der Waals surface area contributed by atoms with Crippen LogP contribution in [0.1, 0.15) is 25.0 Å². The van der Waals surface area contributed by atoms with Crippen LogP contribution in [0.5, 0.6) is 0 Å². The van der Waals surface area contributed by atoms with Crippen LogP contribution in [-0.2, 0) is 17.1 Å². The summed E-state index contributed by atoms with van der Waals surface area (Å²) in [6, 6.07) is 18.7. The molecular weight excluding hydrogens is 378 g/mol. The van der Waals surface area contributed by atoms with Crippen molar-refractivity contribution >= 4 is 23.4 Å². The van der Waals surface area contributed by atoms with Gasteiger partial charge in [-0.15, -0.1) is 11.8 Å². The molecule has 1 saturated heterocycles. The summed E-state index contributed by atoms with van der Waals surface area (Å²) in [6.45, 7) is 9.69. The molecular formula is C24H33N3OS. The summed E-state index contributed by atoms with van der Waals surface area (Å²) in [7, 11) is 2.18. The van der Waals surface area contributed by atoms with Crippen molar-refractivity contribution in [3.8, 4) is 0 Å². The van der Waals surface area contributed by atoms with Crippen molar-refractivity contribution in [1.29, 1.82) is 0 Å². The van der Waals surface area contributed by atoms with Gasteiger partial charge in [-0.1, -0.05) is 56.3 Å². The molecule has 0 bridgehead atoms. The molecule has 0 saturated carbocycles. The predicted octanol–water partition coefficient (Wildman–Crippen LogP) is 4.33. The first-order valence-electron chi connectivity index (χ1n) is 10.5. The van der Waals surface area contributed by atoms with E-state index in [4.69, 9.17) is 0 Å². The van der Waals surface area contributed by atoms with Crippen LogP contribution >= 0.6 is 11.8 Å². The minimum Gasteiger partial charge on any atom is -0.325 e. The molecule has 0 spiro atoms.